The molecule has 4 aromatic rings. The number of halogens is 1. The zero-order chi connectivity index (χ0) is 22.8. The molecule has 0 saturated carbocycles. The van der Waals surface area contributed by atoms with Gasteiger partial charge in [-0.05, 0) is 38.1 Å². The van der Waals surface area contributed by atoms with Gasteiger partial charge in [0.05, 0.1) is 6.33 Å². The van der Waals surface area contributed by atoms with Gasteiger partial charge in [-0.1, -0.05) is 35.4 Å². The van der Waals surface area contributed by atoms with Crippen LogP contribution in [0, 0.1) is 13.8 Å². The Labute approximate surface area is 191 Å². The minimum absolute atomic E-state index is 0.247. The van der Waals surface area contributed by atoms with Gasteiger partial charge in [-0.25, -0.2) is 19.3 Å². The van der Waals surface area contributed by atoms with Crippen LogP contribution in [0.15, 0.2) is 61.2 Å². The summed E-state index contributed by atoms with van der Waals surface area (Å²) in [6, 6.07) is 15.8. The summed E-state index contributed by atoms with van der Waals surface area (Å²) in [4.78, 5) is 12.6. The van der Waals surface area contributed by atoms with Gasteiger partial charge in [0.15, 0.2) is 5.65 Å². The van der Waals surface area contributed by atoms with E-state index in [-0.39, 0.29) is 24.1 Å². The van der Waals surface area contributed by atoms with Crippen LogP contribution in [0.3, 0.4) is 0 Å². The first-order valence-corrected chi connectivity index (χ1v) is 10.9. The number of aromatic nitrogens is 4. The molecule has 1 aliphatic rings. The summed E-state index contributed by atoms with van der Waals surface area (Å²) >= 11 is 0. The second-order valence-corrected chi connectivity index (χ2v) is 8.24. The molecular formula is C25H25FN4O3. The van der Waals surface area contributed by atoms with Crippen molar-refractivity contribution < 1.29 is 18.6 Å². The Kier molecular flexibility index (Phi) is 5.92. The summed E-state index contributed by atoms with van der Waals surface area (Å²) in [5.74, 6) is 1.54. The first-order valence-electron chi connectivity index (χ1n) is 10.9. The van der Waals surface area contributed by atoms with Gasteiger partial charge in [-0.15, -0.1) is 0 Å². The number of ether oxygens (including phenoxy) is 3. The number of benzene rings is 2. The van der Waals surface area contributed by atoms with Gasteiger partial charge in [-0.3, -0.25) is 4.57 Å². The number of aryl methyl sites for hydroxylation is 2. The monoisotopic (exact) mass is 448 g/mol. The minimum atomic E-state index is -0.701. The summed E-state index contributed by atoms with van der Waals surface area (Å²) in [6.45, 7) is 3.70. The van der Waals surface area contributed by atoms with Gasteiger partial charge >= 0.3 is 0 Å². The van der Waals surface area contributed by atoms with Crippen LogP contribution in [-0.4, -0.2) is 38.3 Å². The second-order valence-electron chi connectivity index (χ2n) is 8.24. The normalized spacial score (nSPS) is 20.3. The number of nitrogens with zero attached hydrogens (tertiary/aromatic N) is 4. The van der Waals surface area contributed by atoms with Crippen LogP contribution < -0.4 is 9.47 Å². The lowest BCUT2D eigenvalue weighted by molar-refractivity contribution is -0.0341. The average Bonchev–Trinajstić information content (AvgIpc) is 3.44. The highest BCUT2D eigenvalue weighted by atomic mass is 19.1. The Bertz CT molecular complexity index is 1230. The van der Waals surface area contributed by atoms with E-state index >= 15 is 0 Å². The Morgan fingerprint density at radius 2 is 1.67 bits per heavy atom. The molecule has 0 unspecified atom stereocenters. The SMILES string of the molecule is Cc1ccc(OC[C@H]2O[C@@H](n3cnc4c(CF)ncnc43)C[C@@H]2Oc2ccc(C)cc2)cc1. The highest BCUT2D eigenvalue weighted by molar-refractivity contribution is 5.73. The fourth-order valence-corrected chi connectivity index (χ4v) is 3.96. The molecule has 0 aliphatic carbocycles. The number of imidazole rings is 1. The van der Waals surface area contributed by atoms with E-state index in [9.17, 15) is 4.39 Å². The van der Waals surface area contributed by atoms with Crippen molar-refractivity contribution in [2.24, 2.45) is 0 Å². The van der Waals surface area contributed by atoms with E-state index < -0.39 is 6.67 Å². The van der Waals surface area contributed by atoms with E-state index in [4.69, 9.17) is 14.2 Å². The van der Waals surface area contributed by atoms with Crippen LogP contribution in [-0.2, 0) is 11.4 Å². The second kappa shape index (κ2) is 9.15. The Morgan fingerprint density at radius 3 is 2.36 bits per heavy atom. The molecule has 0 radical (unpaired) electrons. The quantitative estimate of drug-likeness (QED) is 0.407. The molecule has 3 heterocycles. The topological polar surface area (TPSA) is 71.3 Å². The van der Waals surface area contributed by atoms with Crippen molar-refractivity contribution >= 4 is 11.2 Å². The first kappa shape index (κ1) is 21.3. The summed E-state index contributed by atoms with van der Waals surface area (Å²) in [7, 11) is 0. The summed E-state index contributed by atoms with van der Waals surface area (Å²) in [5.41, 5.74) is 3.58. The predicted molar refractivity (Wildman–Crippen MR) is 121 cm³/mol. The van der Waals surface area contributed by atoms with Crippen molar-refractivity contribution in [2.75, 3.05) is 6.61 Å². The van der Waals surface area contributed by atoms with Gasteiger partial charge < -0.3 is 14.2 Å². The fourth-order valence-electron chi connectivity index (χ4n) is 3.96. The van der Waals surface area contributed by atoms with Crippen LogP contribution >= 0.6 is 0 Å². The molecular weight excluding hydrogens is 423 g/mol. The van der Waals surface area contributed by atoms with Crippen molar-refractivity contribution in [2.45, 2.75) is 45.4 Å². The van der Waals surface area contributed by atoms with Gasteiger partial charge in [0, 0.05) is 6.42 Å². The largest absolute Gasteiger partial charge is 0.491 e. The number of hydrogen-bond acceptors (Lipinski definition) is 6. The van der Waals surface area contributed by atoms with E-state index in [0.29, 0.717) is 24.2 Å². The van der Waals surface area contributed by atoms with E-state index in [1.54, 1.807) is 6.33 Å². The van der Waals surface area contributed by atoms with Gasteiger partial charge in [0.2, 0.25) is 0 Å². The molecule has 2 aromatic carbocycles. The maximum absolute atomic E-state index is 13.3. The molecule has 1 aliphatic heterocycles. The van der Waals surface area contributed by atoms with Crippen LogP contribution in [0.1, 0.15) is 29.5 Å². The minimum Gasteiger partial charge on any atom is -0.491 e. The summed E-state index contributed by atoms with van der Waals surface area (Å²) in [6.07, 6.45) is 2.59. The standard InChI is InChI=1S/C25H25FN4O3/c1-16-3-7-18(8-4-16)31-13-22-21(32-19-9-5-17(2)6-10-19)11-23(33-22)30-15-29-24-20(12-26)27-14-28-25(24)30/h3-10,14-15,21-23H,11-13H2,1-2H3/t21-,22+,23+/m0/s1. The lowest BCUT2D eigenvalue weighted by atomic mass is 10.1. The lowest BCUT2D eigenvalue weighted by Gasteiger charge is -2.20. The predicted octanol–water partition coefficient (Wildman–Crippen LogP) is 4.73. The zero-order valence-electron chi connectivity index (χ0n) is 18.5. The third-order valence-corrected chi connectivity index (χ3v) is 5.80. The molecule has 0 bridgehead atoms. The van der Waals surface area contributed by atoms with Crippen molar-refractivity contribution in [3.8, 4) is 11.5 Å². The van der Waals surface area contributed by atoms with Gasteiger partial charge in [0.25, 0.3) is 0 Å². The summed E-state index contributed by atoms with van der Waals surface area (Å²) < 4.78 is 33.8. The first-order chi connectivity index (χ1) is 16.1. The molecule has 170 valence electrons. The zero-order valence-corrected chi connectivity index (χ0v) is 18.5. The molecule has 0 N–H and O–H groups in total. The van der Waals surface area contributed by atoms with Crippen LogP contribution in [0.2, 0.25) is 0 Å². The third kappa shape index (κ3) is 4.52. The number of alkyl halides is 1. The Hall–Kier alpha value is -3.52. The van der Waals surface area contributed by atoms with E-state index in [2.05, 4.69) is 15.0 Å². The molecule has 1 fully saturated rings. The number of fused-ring (bicyclic) bond motifs is 1. The van der Waals surface area contributed by atoms with Crippen molar-refractivity contribution in [1.82, 2.24) is 19.5 Å². The molecule has 8 heteroatoms. The molecule has 2 aromatic heterocycles. The fraction of sp³-hybridized carbons (Fsp3) is 0.320. The molecule has 3 atom stereocenters. The lowest BCUT2D eigenvalue weighted by Crippen LogP contribution is -2.32. The van der Waals surface area contributed by atoms with Crippen molar-refractivity contribution in [3.05, 3.63) is 78.0 Å². The summed E-state index contributed by atoms with van der Waals surface area (Å²) in [5, 5.41) is 0. The number of rotatable bonds is 7. The highest BCUT2D eigenvalue weighted by Gasteiger charge is 2.39. The van der Waals surface area contributed by atoms with Crippen molar-refractivity contribution in [1.29, 1.82) is 0 Å². The number of hydrogen-bond donors (Lipinski definition) is 0. The van der Waals surface area contributed by atoms with Gasteiger partial charge in [-0.2, -0.15) is 0 Å². The molecule has 33 heavy (non-hydrogen) atoms. The molecule has 5 rings (SSSR count). The van der Waals surface area contributed by atoms with E-state index in [0.717, 1.165) is 17.1 Å². The highest BCUT2D eigenvalue weighted by Crippen LogP contribution is 2.34. The Balaban J connectivity index is 1.38. The maximum Gasteiger partial charge on any atom is 0.165 e. The van der Waals surface area contributed by atoms with Crippen molar-refractivity contribution in [3.63, 3.8) is 0 Å². The molecule has 1 saturated heterocycles. The molecule has 7 nitrogen and oxygen atoms in total. The van der Waals surface area contributed by atoms with Gasteiger partial charge in [0.1, 0.15) is 60.8 Å². The van der Waals surface area contributed by atoms with Crippen LogP contribution in [0.4, 0.5) is 4.39 Å². The smallest absolute Gasteiger partial charge is 0.165 e. The average molecular weight is 448 g/mol. The molecule has 0 amide bonds. The Morgan fingerprint density at radius 1 is 0.970 bits per heavy atom. The van der Waals surface area contributed by atoms with E-state index in [1.165, 1.54) is 11.9 Å². The third-order valence-electron chi connectivity index (χ3n) is 5.80. The molecule has 0 spiro atoms. The maximum atomic E-state index is 13.3. The van der Waals surface area contributed by atoms with Crippen LogP contribution in [0.5, 0.6) is 11.5 Å². The van der Waals surface area contributed by atoms with Crippen LogP contribution in [0.25, 0.3) is 11.2 Å². The van der Waals surface area contributed by atoms with E-state index in [1.807, 2.05) is 66.9 Å².